The third-order valence-corrected chi connectivity index (χ3v) is 14.5. The van der Waals surface area contributed by atoms with Crippen LogP contribution in [0.15, 0.2) is 168 Å². The number of rotatable bonds is 6. The third-order valence-electron chi connectivity index (χ3n) is 14.5. The van der Waals surface area contributed by atoms with Gasteiger partial charge >= 0.3 is 0 Å². The van der Waals surface area contributed by atoms with Gasteiger partial charge in [0.1, 0.15) is 0 Å². The number of benzene rings is 4. The van der Waals surface area contributed by atoms with Crippen molar-refractivity contribution in [1.82, 2.24) is 4.57 Å². The van der Waals surface area contributed by atoms with E-state index >= 15 is 0 Å². The lowest BCUT2D eigenvalue weighted by atomic mass is 9.79. The lowest BCUT2D eigenvalue weighted by Gasteiger charge is -2.33. The van der Waals surface area contributed by atoms with E-state index in [2.05, 4.69) is 169 Å². The first-order chi connectivity index (χ1) is 29.6. The maximum absolute atomic E-state index is 5.42. The molecule has 0 saturated heterocycles. The van der Waals surface area contributed by atoms with Crippen LogP contribution >= 0.6 is 0 Å². The minimum absolute atomic E-state index is 0.253. The molecule has 0 bridgehead atoms. The number of para-hydroxylation sites is 2. The zero-order valence-corrected chi connectivity index (χ0v) is 35.4. The van der Waals surface area contributed by atoms with Crippen LogP contribution in [0.4, 0.5) is 5.69 Å². The molecule has 0 N–H and O–H groups in total. The molecule has 0 amide bonds. The Morgan fingerprint density at radius 2 is 1.55 bits per heavy atom. The highest BCUT2D eigenvalue weighted by Gasteiger charge is 2.36. The third kappa shape index (κ3) is 6.71. The van der Waals surface area contributed by atoms with Crippen LogP contribution < -0.4 is 4.90 Å². The quantitative estimate of drug-likeness (QED) is 0.157. The van der Waals surface area contributed by atoms with Crippen LogP contribution in [-0.4, -0.2) is 10.3 Å². The van der Waals surface area contributed by atoms with Crippen molar-refractivity contribution in [1.29, 1.82) is 0 Å². The highest BCUT2D eigenvalue weighted by Crippen LogP contribution is 2.53. The second-order valence-electron chi connectivity index (χ2n) is 18.6. The summed E-state index contributed by atoms with van der Waals surface area (Å²) in [6.45, 7) is 4.87. The second-order valence-corrected chi connectivity index (χ2v) is 18.6. The Bertz CT molecular complexity index is 2690. The summed E-state index contributed by atoms with van der Waals surface area (Å²) >= 11 is 0. The van der Waals surface area contributed by atoms with Crippen molar-refractivity contribution in [3.63, 3.8) is 0 Å². The Balaban J connectivity index is 1.00. The molecule has 11 rings (SSSR count). The summed E-state index contributed by atoms with van der Waals surface area (Å²) in [5.41, 5.74) is 18.7. The molecule has 0 radical (unpaired) electrons. The van der Waals surface area contributed by atoms with E-state index in [9.17, 15) is 0 Å². The predicted octanol–water partition coefficient (Wildman–Crippen LogP) is 15.2. The Hall–Kier alpha value is -5.67. The second kappa shape index (κ2) is 15.7. The first-order valence-corrected chi connectivity index (χ1v) is 23.0. The van der Waals surface area contributed by atoms with E-state index in [-0.39, 0.29) is 5.92 Å². The summed E-state index contributed by atoms with van der Waals surface area (Å²) in [6.07, 6.45) is 30.0. The van der Waals surface area contributed by atoms with E-state index in [1.807, 2.05) is 0 Å². The van der Waals surface area contributed by atoms with Crippen LogP contribution in [0.25, 0.3) is 33.4 Å². The van der Waals surface area contributed by atoms with Gasteiger partial charge in [0.2, 0.25) is 0 Å². The molecule has 3 heteroatoms. The maximum atomic E-state index is 5.42. The summed E-state index contributed by atoms with van der Waals surface area (Å²) < 4.78 is 2.79. The van der Waals surface area contributed by atoms with Crippen molar-refractivity contribution in [3.05, 3.63) is 185 Å². The Labute approximate surface area is 356 Å². The van der Waals surface area contributed by atoms with Crippen LogP contribution in [-0.2, 0) is 0 Å². The van der Waals surface area contributed by atoms with Crippen molar-refractivity contribution in [2.75, 3.05) is 4.90 Å². The molecule has 6 aliphatic rings. The monoisotopic (exact) mass is 783 g/mol. The lowest BCUT2D eigenvalue weighted by molar-refractivity contribution is 0.289. The fourth-order valence-corrected chi connectivity index (χ4v) is 11.6. The van der Waals surface area contributed by atoms with E-state index in [4.69, 9.17) is 4.99 Å². The summed E-state index contributed by atoms with van der Waals surface area (Å²) in [5, 5.41) is 1.40. The van der Waals surface area contributed by atoms with E-state index in [0.717, 1.165) is 43.2 Å². The molecule has 60 heavy (non-hydrogen) atoms. The highest BCUT2D eigenvalue weighted by molar-refractivity contribution is 6.07. The predicted molar refractivity (Wildman–Crippen MR) is 253 cm³/mol. The first-order valence-electron chi connectivity index (χ1n) is 23.0. The smallest absolute Gasteiger partial charge is 0.0671 e. The fourth-order valence-electron chi connectivity index (χ4n) is 11.6. The summed E-state index contributed by atoms with van der Waals surface area (Å²) in [7, 11) is 0. The molecule has 1 fully saturated rings. The molecule has 4 aliphatic carbocycles. The number of aromatic nitrogens is 1. The Kier molecular flexibility index (Phi) is 9.79. The molecule has 4 aromatic carbocycles. The van der Waals surface area contributed by atoms with Gasteiger partial charge in [-0.2, -0.15) is 0 Å². The number of hydrogen-bond acceptors (Lipinski definition) is 2. The van der Waals surface area contributed by atoms with E-state index < -0.39 is 0 Å². The van der Waals surface area contributed by atoms with Gasteiger partial charge in [0, 0.05) is 63.4 Å². The van der Waals surface area contributed by atoms with Crippen LogP contribution in [0.2, 0.25) is 0 Å². The molecular weight excluding hydrogens is 727 g/mol. The molecule has 3 heterocycles. The van der Waals surface area contributed by atoms with Crippen LogP contribution in [0.5, 0.6) is 0 Å². The Morgan fingerprint density at radius 3 is 2.45 bits per heavy atom. The largest absolute Gasteiger partial charge is 0.337 e. The van der Waals surface area contributed by atoms with Gasteiger partial charge < -0.3 is 9.47 Å². The van der Waals surface area contributed by atoms with E-state index in [1.165, 1.54) is 118 Å². The number of anilines is 1. The van der Waals surface area contributed by atoms with Crippen molar-refractivity contribution in [2.24, 2.45) is 22.7 Å². The van der Waals surface area contributed by atoms with Gasteiger partial charge in [0.25, 0.3) is 0 Å². The maximum Gasteiger partial charge on any atom is 0.0671 e. The van der Waals surface area contributed by atoms with Gasteiger partial charge in [-0.3, -0.25) is 4.99 Å². The number of nitrogens with zero attached hydrogens (tertiary/aromatic N) is 3. The number of hydrogen-bond donors (Lipinski definition) is 0. The zero-order chi connectivity index (χ0) is 40.2. The van der Waals surface area contributed by atoms with Gasteiger partial charge in [0.05, 0.1) is 17.1 Å². The van der Waals surface area contributed by atoms with Gasteiger partial charge in [0.15, 0.2) is 0 Å². The van der Waals surface area contributed by atoms with Gasteiger partial charge in [-0.25, -0.2) is 0 Å². The van der Waals surface area contributed by atoms with E-state index in [1.54, 1.807) is 5.57 Å². The van der Waals surface area contributed by atoms with Crippen LogP contribution in [0.1, 0.15) is 119 Å². The van der Waals surface area contributed by atoms with Crippen molar-refractivity contribution >= 4 is 33.6 Å². The van der Waals surface area contributed by atoms with Crippen LogP contribution in [0.3, 0.4) is 0 Å². The summed E-state index contributed by atoms with van der Waals surface area (Å²) in [6, 6.07) is 39.2. The first kappa shape index (κ1) is 37.3. The minimum Gasteiger partial charge on any atom is -0.337 e. The molecule has 0 spiro atoms. The summed E-state index contributed by atoms with van der Waals surface area (Å²) in [4.78, 5) is 8.03. The fraction of sp³-hybridized carbons (Fsp3) is 0.316. The molecule has 3 nitrogen and oxygen atoms in total. The standard InChI is InChI=1S/C57H57N3/c1-38-16-12-20-41(32-38)45-36-51(40-18-4-3-5-19-40)58-52(37-45)44-23-14-21-42(34-44)43-22-15-25-47(35-43)59-53-29-9-6-26-48(53)56-49-27-7-10-30-54(49)60(46-24-13-17-39(2)33-46)57(56)50-28-8-11-31-55(50)59/h3-5,7-11,14-15,18-21,23,25,27-31,34-36,38-39,43,45-46H,6,12-13,16-17,22,24,26,32-33,37H2,1-2H3. The SMILES string of the molecule is CC1CCC=C(C2C=C(c3ccccc3)N=C(c3cccc(C4C=C(N5C6=C(CCC=C6)c6c(n(C7CCCC(C)C7)c7ccccc67)-c6ccccc65)C=CC4)c3)C2)C1. The number of aliphatic imine (C=N–C) groups is 1. The van der Waals surface area contributed by atoms with E-state index in [0.29, 0.717) is 12.0 Å². The molecule has 1 saturated carbocycles. The molecule has 1 aromatic heterocycles. The number of allylic oxidation sites excluding steroid dienone is 9. The molecule has 5 aromatic rings. The molecule has 300 valence electrons. The zero-order valence-electron chi connectivity index (χ0n) is 35.4. The average molecular weight is 784 g/mol. The van der Waals surface area contributed by atoms with Crippen molar-refractivity contribution in [2.45, 2.75) is 96.4 Å². The topological polar surface area (TPSA) is 20.5 Å². The normalized spacial score (nSPS) is 25.1. The van der Waals surface area contributed by atoms with Gasteiger partial charge in [-0.15, -0.1) is 0 Å². The summed E-state index contributed by atoms with van der Waals surface area (Å²) in [5.74, 6) is 2.12. The van der Waals surface area contributed by atoms with Crippen molar-refractivity contribution < 1.29 is 0 Å². The van der Waals surface area contributed by atoms with Gasteiger partial charge in [-0.1, -0.05) is 148 Å². The average Bonchev–Trinajstić information content (AvgIpc) is 3.58. The lowest BCUT2D eigenvalue weighted by Crippen LogP contribution is -2.24. The molecule has 5 atom stereocenters. The molecular formula is C57H57N3. The highest BCUT2D eigenvalue weighted by atomic mass is 15.2. The van der Waals surface area contributed by atoms with Crippen LogP contribution in [0, 0.1) is 17.8 Å². The number of fused-ring (bicyclic) bond motifs is 6. The minimum atomic E-state index is 0.253. The molecule has 2 aliphatic heterocycles. The van der Waals surface area contributed by atoms with Crippen molar-refractivity contribution in [3.8, 4) is 11.3 Å². The Morgan fingerprint density at radius 1 is 0.700 bits per heavy atom. The molecule has 5 unspecified atom stereocenters. The van der Waals surface area contributed by atoms with Gasteiger partial charge in [-0.05, 0) is 116 Å².